The Morgan fingerprint density at radius 2 is 2.15 bits per heavy atom. The van der Waals surface area contributed by atoms with Crippen LogP contribution in [-0.2, 0) is 22.6 Å². The first-order chi connectivity index (χ1) is 13.2. The van der Waals surface area contributed by atoms with Gasteiger partial charge in [-0.1, -0.05) is 12.1 Å². The fourth-order valence-electron chi connectivity index (χ4n) is 3.31. The lowest BCUT2D eigenvalue weighted by Gasteiger charge is -2.24. The largest absolute Gasteiger partial charge is 0.374 e. The van der Waals surface area contributed by atoms with E-state index in [0.29, 0.717) is 37.1 Å². The van der Waals surface area contributed by atoms with Gasteiger partial charge in [0.1, 0.15) is 6.54 Å². The van der Waals surface area contributed by atoms with Crippen molar-refractivity contribution in [2.24, 2.45) is 0 Å². The van der Waals surface area contributed by atoms with Crippen molar-refractivity contribution in [2.75, 3.05) is 19.7 Å². The molecule has 0 unspecified atom stereocenters. The van der Waals surface area contributed by atoms with Crippen LogP contribution < -0.4 is 5.56 Å². The maximum atomic E-state index is 12.8. The summed E-state index contributed by atoms with van der Waals surface area (Å²) >= 11 is 0. The summed E-state index contributed by atoms with van der Waals surface area (Å²) in [4.78, 5) is 31.5. The standard InChI is InChI=1S/C19H21N5O3/c25-18(13-23-14-20-17-6-2-1-5-16(17)19(23)26)22-8-4-10-27-15(11-22)12-24-9-3-7-21-24/h1-3,5-7,9,14-15H,4,8,10-13H2/t15-/m1/s1. The molecule has 0 spiro atoms. The molecule has 8 nitrogen and oxygen atoms in total. The minimum Gasteiger partial charge on any atom is -0.374 e. The summed E-state index contributed by atoms with van der Waals surface area (Å²) in [6.45, 7) is 2.27. The van der Waals surface area contributed by atoms with Gasteiger partial charge >= 0.3 is 0 Å². The molecule has 3 aromatic rings. The number of amides is 1. The number of carbonyl (C=O) groups is 1. The van der Waals surface area contributed by atoms with E-state index >= 15 is 0 Å². The Hall–Kier alpha value is -3.00. The summed E-state index contributed by atoms with van der Waals surface area (Å²) in [5.74, 6) is -0.106. The monoisotopic (exact) mass is 367 g/mol. The van der Waals surface area contributed by atoms with Crippen LogP contribution in [0.1, 0.15) is 6.42 Å². The van der Waals surface area contributed by atoms with Crippen LogP contribution in [0, 0.1) is 0 Å². The minimum absolute atomic E-state index is 0.0227. The summed E-state index contributed by atoms with van der Waals surface area (Å²) in [6.07, 6.45) is 5.69. The van der Waals surface area contributed by atoms with Gasteiger partial charge < -0.3 is 9.64 Å². The molecule has 2 aromatic heterocycles. The first-order valence-electron chi connectivity index (χ1n) is 9.02. The molecule has 1 saturated heterocycles. The number of para-hydroxylation sites is 1. The number of aromatic nitrogens is 4. The molecule has 140 valence electrons. The molecule has 8 heteroatoms. The first-order valence-corrected chi connectivity index (χ1v) is 9.02. The third-order valence-electron chi connectivity index (χ3n) is 4.69. The predicted molar refractivity (Wildman–Crippen MR) is 99.2 cm³/mol. The van der Waals surface area contributed by atoms with Gasteiger partial charge in [-0.05, 0) is 24.6 Å². The van der Waals surface area contributed by atoms with Gasteiger partial charge in [0.25, 0.3) is 5.56 Å². The Balaban J connectivity index is 1.48. The van der Waals surface area contributed by atoms with Crippen molar-refractivity contribution in [1.82, 2.24) is 24.2 Å². The maximum Gasteiger partial charge on any atom is 0.261 e. The summed E-state index contributed by atoms with van der Waals surface area (Å²) in [6, 6.07) is 9.00. The van der Waals surface area contributed by atoms with Gasteiger partial charge in [0.2, 0.25) is 5.91 Å². The molecule has 0 aliphatic carbocycles. The fourth-order valence-corrected chi connectivity index (χ4v) is 3.31. The number of benzene rings is 1. The van der Waals surface area contributed by atoms with E-state index < -0.39 is 0 Å². The number of hydrogen-bond donors (Lipinski definition) is 0. The molecule has 0 saturated carbocycles. The molecule has 0 bridgehead atoms. The molecule has 1 amide bonds. The quantitative estimate of drug-likeness (QED) is 0.685. The van der Waals surface area contributed by atoms with E-state index in [1.807, 2.05) is 18.3 Å². The van der Waals surface area contributed by atoms with Crippen molar-refractivity contribution >= 4 is 16.8 Å². The van der Waals surface area contributed by atoms with Gasteiger partial charge in [-0.15, -0.1) is 0 Å². The van der Waals surface area contributed by atoms with E-state index in [2.05, 4.69) is 10.1 Å². The lowest BCUT2D eigenvalue weighted by atomic mass is 10.2. The van der Waals surface area contributed by atoms with Gasteiger partial charge in [-0.25, -0.2) is 4.98 Å². The van der Waals surface area contributed by atoms with Crippen LogP contribution in [0.25, 0.3) is 10.9 Å². The molecular formula is C19H21N5O3. The Bertz CT molecular complexity index is 982. The maximum absolute atomic E-state index is 12.8. The molecule has 4 rings (SSSR count). The number of nitrogens with zero attached hydrogens (tertiary/aromatic N) is 5. The van der Waals surface area contributed by atoms with Crippen LogP contribution in [0.4, 0.5) is 0 Å². The molecule has 1 fully saturated rings. The van der Waals surface area contributed by atoms with Gasteiger partial charge in [0, 0.05) is 32.1 Å². The van der Waals surface area contributed by atoms with Crippen molar-refractivity contribution < 1.29 is 9.53 Å². The number of carbonyl (C=O) groups excluding carboxylic acids is 1. The summed E-state index contributed by atoms with van der Waals surface area (Å²) in [7, 11) is 0. The lowest BCUT2D eigenvalue weighted by Crippen LogP contribution is -2.41. The zero-order chi connectivity index (χ0) is 18.6. The summed E-state index contributed by atoms with van der Waals surface area (Å²) in [5.41, 5.74) is 0.432. The van der Waals surface area contributed by atoms with Crippen LogP contribution in [-0.4, -0.2) is 55.9 Å². The number of fused-ring (bicyclic) bond motifs is 1. The topological polar surface area (TPSA) is 82.3 Å². The summed E-state index contributed by atoms with van der Waals surface area (Å²) in [5, 5.41) is 4.72. The molecule has 1 atom stereocenters. The van der Waals surface area contributed by atoms with Crippen LogP contribution in [0.3, 0.4) is 0 Å². The second-order valence-electron chi connectivity index (χ2n) is 6.61. The zero-order valence-electron chi connectivity index (χ0n) is 14.9. The van der Waals surface area contributed by atoms with Gasteiger partial charge in [0.15, 0.2) is 0 Å². The molecular weight excluding hydrogens is 346 g/mol. The minimum atomic E-state index is -0.201. The van der Waals surface area contributed by atoms with Crippen LogP contribution in [0.2, 0.25) is 0 Å². The number of hydrogen-bond acceptors (Lipinski definition) is 5. The molecule has 1 aliphatic heterocycles. The Morgan fingerprint density at radius 1 is 1.26 bits per heavy atom. The highest BCUT2D eigenvalue weighted by atomic mass is 16.5. The van der Waals surface area contributed by atoms with E-state index in [-0.39, 0.29) is 24.1 Å². The second kappa shape index (κ2) is 7.71. The smallest absolute Gasteiger partial charge is 0.261 e. The third-order valence-corrected chi connectivity index (χ3v) is 4.69. The number of ether oxygens (including phenoxy) is 1. The summed E-state index contributed by atoms with van der Waals surface area (Å²) < 4.78 is 9.03. The average molecular weight is 367 g/mol. The highest BCUT2D eigenvalue weighted by Gasteiger charge is 2.23. The van der Waals surface area contributed by atoms with Crippen molar-refractivity contribution in [2.45, 2.75) is 25.6 Å². The van der Waals surface area contributed by atoms with Crippen LogP contribution in [0.15, 0.2) is 53.8 Å². The van der Waals surface area contributed by atoms with Crippen molar-refractivity contribution in [3.63, 3.8) is 0 Å². The first kappa shape index (κ1) is 17.4. The molecule has 1 aliphatic rings. The molecule has 27 heavy (non-hydrogen) atoms. The zero-order valence-corrected chi connectivity index (χ0v) is 14.9. The van der Waals surface area contributed by atoms with Crippen molar-refractivity contribution in [3.8, 4) is 0 Å². The number of rotatable bonds is 4. The van der Waals surface area contributed by atoms with Gasteiger partial charge in [0.05, 0.1) is 29.9 Å². The van der Waals surface area contributed by atoms with Crippen LogP contribution in [0.5, 0.6) is 0 Å². The molecule has 0 radical (unpaired) electrons. The van der Waals surface area contributed by atoms with E-state index in [9.17, 15) is 9.59 Å². The lowest BCUT2D eigenvalue weighted by molar-refractivity contribution is -0.132. The Labute approximate surface area is 156 Å². The normalized spacial score (nSPS) is 17.8. The third kappa shape index (κ3) is 3.90. The fraction of sp³-hybridized carbons (Fsp3) is 0.368. The van der Waals surface area contributed by atoms with Gasteiger partial charge in [-0.2, -0.15) is 5.10 Å². The molecule has 3 heterocycles. The predicted octanol–water partition coefficient (Wildman–Crippen LogP) is 0.911. The van der Waals surface area contributed by atoms with E-state index in [1.54, 1.807) is 34.0 Å². The van der Waals surface area contributed by atoms with Crippen molar-refractivity contribution in [3.05, 3.63) is 59.4 Å². The van der Waals surface area contributed by atoms with Gasteiger partial charge in [-0.3, -0.25) is 18.8 Å². The Morgan fingerprint density at radius 3 is 3.00 bits per heavy atom. The SMILES string of the molecule is O=C(Cn1cnc2ccccc2c1=O)N1CCCO[C@@H](Cn2cccn2)C1. The highest BCUT2D eigenvalue weighted by Crippen LogP contribution is 2.10. The molecule has 1 aromatic carbocycles. The van der Waals surface area contributed by atoms with E-state index in [4.69, 9.17) is 4.74 Å². The van der Waals surface area contributed by atoms with Crippen molar-refractivity contribution in [1.29, 1.82) is 0 Å². The second-order valence-corrected chi connectivity index (χ2v) is 6.61. The van der Waals surface area contributed by atoms with E-state index in [1.165, 1.54) is 10.9 Å². The average Bonchev–Trinajstić information content (AvgIpc) is 3.08. The highest BCUT2D eigenvalue weighted by molar-refractivity contribution is 5.79. The van der Waals surface area contributed by atoms with Crippen LogP contribution >= 0.6 is 0 Å². The Kier molecular flexibility index (Phi) is 4.97. The van der Waals surface area contributed by atoms with E-state index in [0.717, 1.165) is 6.42 Å². The molecule has 0 N–H and O–H groups in total.